The minimum absolute atomic E-state index is 0.0228. The second-order valence-electron chi connectivity index (χ2n) is 4.01. The Hall–Kier alpha value is -1.63. The van der Waals surface area contributed by atoms with Gasteiger partial charge in [-0.1, -0.05) is 0 Å². The molecule has 1 aromatic rings. The Kier molecular flexibility index (Phi) is 3.01. The third-order valence-corrected chi connectivity index (χ3v) is 4.32. The fourth-order valence-corrected chi connectivity index (χ4v) is 3.40. The van der Waals surface area contributed by atoms with E-state index in [1.54, 1.807) is 0 Å². The molecule has 1 aromatic heterocycles. The van der Waals surface area contributed by atoms with Crippen LogP contribution in [-0.4, -0.2) is 42.0 Å². The highest BCUT2D eigenvalue weighted by atomic mass is 32.2. The number of hydrogen-bond acceptors (Lipinski definition) is 5. The van der Waals surface area contributed by atoms with Gasteiger partial charge >= 0.3 is 0 Å². The maximum absolute atomic E-state index is 11.7. The van der Waals surface area contributed by atoms with Gasteiger partial charge in [-0.25, -0.2) is 8.42 Å². The molecule has 0 saturated carbocycles. The molecule has 1 aliphatic heterocycles. The van der Waals surface area contributed by atoms with Gasteiger partial charge in [-0.05, 0) is 12.5 Å². The highest BCUT2D eigenvalue weighted by molar-refractivity contribution is 7.91. The van der Waals surface area contributed by atoms with Crippen molar-refractivity contribution in [2.45, 2.75) is 12.5 Å². The van der Waals surface area contributed by atoms with Crippen LogP contribution in [0.5, 0.6) is 5.75 Å². The summed E-state index contributed by atoms with van der Waals surface area (Å²) in [5.41, 5.74) is 0.217. The van der Waals surface area contributed by atoms with Crippen LogP contribution in [0.3, 0.4) is 0 Å². The van der Waals surface area contributed by atoms with Crippen LogP contribution < -0.4 is 5.32 Å². The molecule has 2 N–H and O–H groups in total. The lowest BCUT2D eigenvalue weighted by atomic mass is 10.2. The number of nitrogens with zero attached hydrogens (tertiary/aromatic N) is 1. The Morgan fingerprint density at radius 1 is 1.47 bits per heavy atom. The Morgan fingerprint density at radius 3 is 2.82 bits per heavy atom. The van der Waals surface area contributed by atoms with Crippen LogP contribution in [0.1, 0.15) is 16.8 Å². The van der Waals surface area contributed by atoms with Gasteiger partial charge in [0.2, 0.25) is 0 Å². The minimum Gasteiger partial charge on any atom is -0.506 e. The van der Waals surface area contributed by atoms with E-state index in [9.17, 15) is 13.2 Å². The number of aromatic nitrogens is 1. The fraction of sp³-hybridized carbons (Fsp3) is 0.400. The number of sulfone groups is 1. The zero-order chi connectivity index (χ0) is 12.5. The summed E-state index contributed by atoms with van der Waals surface area (Å²) in [6, 6.07) is 0.932. The van der Waals surface area contributed by atoms with Gasteiger partial charge in [0.1, 0.15) is 5.75 Å². The molecule has 0 radical (unpaired) electrons. The number of rotatable bonds is 2. The second kappa shape index (κ2) is 4.33. The summed E-state index contributed by atoms with van der Waals surface area (Å²) in [6.07, 6.45) is 2.97. The van der Waals surface area contributed by atoms with E-state index >= 15 is 0 Å². The highest BCUT2D eigenvalue weighted by Gasteiger charge is 2.29. The normalized spacial score (nSPS) is 22.2. The summed E-state index contributed by atoms with van der Waals surface area (Å²) >= 11 is 0. The third-order valence-electron chi connectivity index (χ3n) is 2.55. The number of carbonyl (C=O) groups is 1. The number of amides is 1. The van der Waals surface area contributed by atoms with Crippen LogP contribution in [0.25, 0.3) is 0 Å². The molecule has 17 heavy (non-hydrogen) atoms. The topological polar surface area (TPSA) is 96.4 Å². The summed E-state index contributed by atoms with van der Waals surface area (Å²) in [6.45, 7) is 0. The van der Waals surface area contributed by atoms with E-state index in [0.717, 1.165) is 0 Å². The Bertz CT molecular complexity index is 541. The van der Waals surface area contributed by atoms with Crippen molar-refractivity contribution >= 4 is 15.7 Å². The monoisotopic (exact) mass is 256 g/mol. The standard InChI is InChI=1S/C10H12N2O4S/c13-9-3-7(4-11-5-9)10(14)12-8-1-2-17(15,16)6-8/h3-5,8,13H,1-2,6H2,(H,12,14). The van der Waals surface area contributed by atoms with Crippen molar-refractivity contribution in [3.63, 3.8) is 0 Å². The van der Waals surface area contributed by atoms with Gasteiger partial charge in [0.05, 0.1) is 23.3 Å². The zero-order valence-electron chi connectivity index (χ0n) is 8.96. The number of aromatic hydroxyl groups is 1. The first-order valence-corrected chi connectivity index (χ1v) is 6.94. The molecule has 1 unspecified atom stereocenters. The van der Waals surface area contributed by atoms with E-state index in [-0.39, 0.29) is 28.9 Å². The van der Waals surface area contributed by atoms with Crippen LogP contribution in [0, 0.1) is 0 Å². The molecular weight excluding hydrogens is 244 g/mol. The van der Waals surface area contributed by atoms with Crippen molar-refractivity contribution in [1.29, 1.82) is 0 Å². The van der Waals surface area contributed by atoms with Crippen LogP contribution in [-0.2, 0) is 9.84 Å². The van der Waals surface area contributed by atoms with E-state index in [0.29, 0.717) is 6.42 Å². The van der Waals surface area contributed by atoms with Crippen molar-refractivity contribution in [3.05, 3.63) is 24.0 Å². The molecule has 1 atom stereocenters. The van der Waals surface area contributed by atoms with E-state index in [2.05, 4.69) is 10.3 Å². The molecule has 1 aliphatic rings. The van der Waals surface area contributed by atoms with Gasteiger partial charge in [-0.15, -0.1) is 0 Å². The third kappa shape index (κ3) is 2.94. The van der Waals surface area contributed by atoms with Gasteiger partial charge in [-0.2, -0.15) is 0 Å². The Morgan fingerprint density at radius 2 is 2.24 bits per heavy atom. The maximum atomic E-state index is 11.7. The quantitative estimate of drug-likeness (QED) is 0.757. The van der Waals surface area contributed by atoms with Crippen LogP contribution in [0.15, 0.2) is 18.5 Å². The van der Waals surface area contributed by atoms with Crippen molar-refractivity contribution in [2.24, 2.45) is 0 Å². The van der Waals surface area contributed by atoms with Crippen LogP contribution in [0.2, 0.25) is 0 Å². The average Bonchev–Trinajstić information content (AvgIpc) is 2.58. The van der Waals surface area contributed by atoms with Gasteiger partial charge in [0, 0.05) is 12.2 Å². The molecule has 2 rings (SSSR count). The lowest BCUT2D eigenvalue weighted by molar-refractivity contribution is 0.0940. The second-order valence-corrected chi connectivity index (χ2v) is 6.23. The maximum Gasteiger partial charge on any atom is 0.253 e. The highest BCUT2D eigenvalue weighted by Crippen LogP contribution is 2.13. The molecule has 0 spiro atoms. The molecule has 0 bridgehead atoms. The largest absolute Gasteiger partial charge is 0.506 e. The lowest BCUT2D eigenvalue weighted by Crippen LogP contribution is -2.35. The van der Waals surface area contributed by atoms with E-state index in [4.69, 9.17) is 5.11 Å². The minimum atomic E-state index is -3.01. The summed E-state index contributed by atoms with van der Waals surface area (Å²) in [7, 11) is -3.01. The van der Waals surface area contributed by atoms with Crippen molar-refractivity contribution in [2.75, 3.05) is 11.5 Å². The summed E-state index contributed by atoms with van der Waals surface area (Å²) < 4.78 is 22.4. The van der Waals surface area contributed by atoms with E-state index in [1.807, 2.05) is 0 Å². The van der Waals surface area contributed by atoms with E-state index in [1.165, 1.54) is 18.5 Å². The predicted octanol–water partition coefficient (Wildman–Crippen LogP) is -0.296. The summed E-state index contributed by atoms with van der Waals surface area (Å²) in [5.74, 6) is -0.437. The first kappa shape index (κ1) is 11.8. The lowest BCUT2D eigenvalue weighted by Gasteiger charge is -2.10. The SMILES string of the molecule is O=C(NC1CCS(=O)(=O)C1)c1cncc(O)c1. The van der Waals surface area contributed by atoms with Gasteiger partial charge < -0.3 is 10.4 Å². The van der Waals surface area contributed by atoms with Gasteiger partial charge in [-0.3, -0.25) is 9.78 Å². The van der Waals surface area contributed by atoms with Crippen molar-refractivity contribution < 1.29 is 18.3 Å². The molecule has 1 saturated heterocycles. The molecule has 7 heteroatoms. The Balaban J connectivity index is 2.03. The molecule has 92 valence electrons. The summed E-state index contributed by atoms with van der Waals surface area (Å²) in [4.78, 5) is 15.4. The number of carbonyl (C=O) groups excluding carboxylic acids is 1. The first-order chi connectivity index (χ1) is 7.96. The van der Waals surface area contributed by atoms with Gasteiger partial charge in [0.25, 0.3) is 5.91 Å². The smallest absolute Gasteiger partial charge is 0.253 e. The van der Waals surface area contributed by atoms with Crippen molar-refractivity contribution in [1.82, 2.24) is 10.3 Å². The first-order valence-electron chi connectivity index (χ1n) is 5.11. The number of hydrogen-bond donors (Lipinski definition) is 2. The molecule has 2 heterocycles. The predicted molar refractivity (Wildman–Crippen MR) is 60.4 cm³/mol. The molecule has 1 fully saturated rings. The number of pyridine rings is 1. The molecule has 6 nitrogen and oxygen atoms in total. The molecule has 0 aliphatic carbocycles. The molecule has 0 aromatic carbocycles. The zero-order valence-corrected chi connectivity index (χ0v) is 9.77. The Labute approximate surface area is 98.6 Å². The van der Waals surface area contributed by atoms with Gasteiger partial charge in [0.15, 0.2) is 9.84 Å². The molecule has 1 amide bonds. The summed E-state index contributed by atoms with van der Waals surface area (Å²) in [5, 5.41) is 11.8. The number of nitrogens with one attached hydrogen (secondary N) is 1. The average molecular weight is 256 g/mol. The fourth-order valence-electron chi connectivity index (χ4n) is 1.73. The molecular formula is C10H12N2O4S. The van der Waals surface area contributed by atoms with Crippen LogP contribution >= 0.6 is 0 Å². The van der Waals surface area contributed by atoms with Crippen LogP contribution in [0.4, 0.5) is 0 Å². The van der Waals surface area contributed by atoms with E-state index < -0.39 is 15.7 Å². The van der Waals surface area contributed by atoms with Crippen molar-refractivity contribution in [3.8, 4) is 5.75 Å².